The van der Waals surface area contributed by atoms with Crippen molar-refractivity contribution < 1.29 is 14.3 Å². The third-order valence-corrected chi connectivity index (χ3v) is 7.15. The Kier molecular flexibility index (Phi) is 6.77. The van der Waals surface area contributed by atoms with Crippen LogP contribution in [0.5, 0.6) is 11.5 Å². The molecule has 1 amide bonds. The van der Waals surface area contributed by atoms with E-state index in [9.17, 15) is 4.79 Å². The van der Waals surface area contributed by atoms with Crippen molar-refractivity contribution in [2.24, 2.45) is 0 Å². The van der Waals surface area contributed by atoms with Crippen LogP contribution >= 0.6 is 35.6 Å². The largest absolute Gasteiger partial charge is 0.493 e. The first-order valence-electron chi connectivity index (χ1n) is 10.8. The van der Waals surface area contributed by atoms with E-state index in [4.69, 9.17) is 33.3 Å². The molecule has 1 aliphatic heterocycles. The minimum Gasteiger partial charge on any atom is -0.493 e. The van der Waals surface area contributed by atoms with E-state index >= 15 is 0 Å². The second kappa shape index (κ2) is 10.1. The van der Waals surface area contributed by atoms with Gasteiger partial charge in [-0.15, -0.1) is 0 Å². The second-order valence-electron chi connectivity index (χ2n) is 7.83. The monoisotopic (exact) mass is 517 g/mol. The molecule has 4 aromatic rings. The number of benzene rings is 4. The summed E-state index contributed by atoms with van der Waals surface area (Å²) in [5.74, 6) is 1.03. The zero-order valence-corrected chi connectivity index (χ0v) is 21.1. The van der Waals surface area contributed by atoms with Crippen molar-refractivity contribution in [1.29, 1.82) is 0 Å². The zero-order chi connectivity index (χ0) is 24.4. The number of amides is 1. The van der Waals surface area contributed by atoms with Gasteiger partial charge in [0.1, 0.15) is 6.61 Å². The van der Waals surface area contributed by atoms with Gasteiger partial charge in [0.2, 0.25) is 0 Å². The highest BCUT2D eigenvalue weighted by Gasteiger charge is 2.33. The molecule has 0 aliphatic carbocycles. The van der Waals surface area contributed by atoms with Crippen LogP contribution in [0.1, 0.15) is 11.1 Å². The summed E-state index contributed by atoms with van der Waals surface area (Å²) in [4.78, 5) is 15.1. The number of ether oxygens (including phenoxy) is 2. The molecule has 0 radical (unpaired) electrons. The highest BCUT2D eigenvalue weighted by molar-refractivity contribution is 8.27. The fraction of sp³-hybridized carbons (Fsp3) is 0.0714. The molecule has 0 bridgehead atoms. The van der Waals surface area contributed by atoms with Gasteiger partial charge in [-0.1, -0.05) is 90.2 Å². The number of anilines is 1. The van der Waals surface area contributed by atoms with Crippen LogP contribution in [0.2, 0.25) is 5.02 Å². The van der Waals surface area contributed by atoms with Crippen molar-refractivity contribution in [3.63, 3.8) is 0 Å². The predicted molar refractivity (Wildman–Crippen MR) is 148 cm³/mol. The summed E-state index contributed by atoms with van der Waals surface area (Å²) >= 11 is 12.8. The Hall–Kier alpha value is -3.32. The number of carbonyl (C=O) groups excluding carboxylic acids is 1. The van der Waals surface area contributed by atoms with E-state index < -0.39 is 0 Å². The van der Waals surface area contributed by atoms with Crippen molar-refractivity contribution in [3.8, 4) is 11.5 Å². The number of nitrogens with zero attached hydrogens (tertiary/aromatic N) is 1. The summed E-state index contributed by atoms with van der Waals surface area (Å²) in [6.45, 7) is 0.412. The quantitative estimate of drug-likeness (QED) is 0.196. The van der Waals surface area contributed by atoms with Gasteiger partial charge in [0.25, 0.3) is 5.91 Å². The SMILES string of the molecule is COc1cc(/C=C2/SC(=S)N(c3cccc(Cl)c3)C2=O)ccc1OCc1cccc2ccccc12. The molecular formula is C28H20ClNO3S2. The fourth-order valence-electron chi connectivity index (χ4n) is 3.92. The number of hydrogen-bond donors (Lipinski definition) is 0. The van der Waals surface area contributed by atoms with Gasteiger partial charge in [-0.05, 0) is 58.3 Å². The lowest BCUT2D eigenvalue weighted by Gasteiger charge is -2.14. The Balaban J connectivity index is 1.36. The average molecular weight is 518 g/mol. The van der Waals surface area contributed by atoms with E-state index in [1.54, 1.807) is 31.4 Å². The van der Waals surface area contributed by atoms with Gasteiger partial charge in [0.05, 0.1) is 17.7 Å². The topological polar surface area (TPSA) is 38.8 Å². The molecule has 0 N–H and O–H groups in total. The summed E-state index contributed by atoms with van der Waals surface area (Å²) in [5, 5.41) is 2.88. The van der Waals surface area contributed by atoms with E-state index in [1.807, 2.05) is 42.5 Å². The Labute approximate surface area is 218 Å². The summed E-state index contributed by atoms with van der Waals surface area (Å²) in [6, 6.07) is 27.1. The molecule has 0 spiro atoms. The molecule has 0 unspecified atom stereocenters. The van der Waals surface area contributed by atoms with E-state index in [2.05, 4.69) is 24.3 Å². The highest BCUT2D eigenvalue weighted by atomic mass is 35.5. The molecule has 1 heterocycles. The van der Waals surface area contributed by atoms with Crippen LogP contribution < -0.4 is 14.4 Å². The molecule has 5 rings (SSSR count). The molecule has 0 saturated carbocycles. The lowest BCUT2D eigenvalue weighted by atomic mass is 10.1. The summed E-state index contributed by atoms with van der Waals surface area (Å²) in [6.07, 6.45) is 1.81. The minimum absolute atomic E-state index is 0.183. The maximum Gasteiger partial charge on any atom is 0.270 e. The molecule has 1 fully saturated rings. The van der Waals surface area contributed by atoms with Crippen LogP contribution in [0.4, 0.5) is 5.69 Å². The van der Waals surface area contributed by atoms with Crippen LogP contribution in [-0.2, 0) is 11.4 Å². The second-order valence-corrected chi connectivity index (χ2v) is 9.95. The van der Waals surface area contributed by atoms with E-state index in [0.717, 1.165) is 16.5 Å². The Morgan fingerprint density at radius 3 is 2.60 bits per heavy atom. The Morgan fingerprint density at radius 1 is 0.971 bits per heavy atom. The van der Waals surface area contributed by atoms with Gasteiger partial charge in [-0.25, -0.2) is 0 Å². The molecule has 0 aromatic heterocycles. The van der Waals surface area contributed by atoms with Gasteiger partial charge >= 0.3 is 0 Å². The molecule has 1 aliphatic rings. The summed E-state index contributed by atoms with van der Waals surface area (Å²) in [5.41, 5.74) is 2.56. The third kappa shape index (κ3) is 4.91. The van der Waals surface area contributed by atoms with Crippen molar-refractivity contribution in [1.82, 2.24) is 0 Å². The first-order chi connectivity index (χ1) is 17.0. The molecule has 4 nitrogen and oxygen atoms in total. The first-order valence-corrected chi connectivity index (χ1v) is 12.4. The maximum absolute atomic E-state index is 13.1. The molecule has 0 atom stereocenters. The Morgan fingerprint density at radius 2 is 1.77 bits per heavy atom. The molecule has 174 valence electrons. The number of rotatable bonds is 6. The first kappa shape index (κ1) is 23.4. The number of thioether (sulfide) groups is 1. The van der Waals surface area contributed by atoms with Crippen LogP contribution in [0.3, 0.4) is 0 Å². The highest BCUT2D eigenvalue weighted by Crippen LogP contribution is 2.38. The van der Waals surface area contributed by atoms with Crippen molar-refractivity contribution >= 4 is 68.3 Å². The van der Waals surface area contributed by atoms with E-state index in [1.165, 1.54) is 22.0 Å². The number of carbonyl (C=O) groups is 1. The molecular weight excluding hydrogens is 498 g/mol. The van der Waals surface area contributed by atoms with Crippen LogP contribution in [0.15, 0.2) is 89.8 Å². The number of hydrogen-bond acceptors (Lipinski definition) is 5. The van der Waals surface area contributed by atoms with Crippen molar-refractivity contribution in [3.05, 3.63) is 106 Å². The lowest BCUT2D eigenvalue weighted by Crippen LogP contribution is -2.27. The summed E-state index contributed by atoms with van der Waals surface area (Å²) < 4.78 is 12.2. The molecule has 35 heavy (non-hydrogen) atoms. The van der Waals surface area contributed by atoms with Gasteiger partial charge in [0, 0.05) is 5.02 Å². The standard InChI is InChI=1S/C28H20ClNO3S2/c1-32-25-14-18(15-26-27(31)30(28(34)35-26)22-10-5-9-21(29)16-22)12-13-24(25)33-17-20-8-4-7-19-6-2-3-11-23(19)20/h2-16H,17H2,1H3/b26-15+. The van der Waals surface area contributed by atoms with Crippen molar-refractivity contribution in [2.45, 2.75) is 6.61 Å². The molecule has 4 aromatic carbocycles. The van der Waals surface area contributed by atoms with Crippen LogP contribution in [0, 0.1) is 0 Å². The lowest BCUT2D eigenvalue weighted by molar-refractivity contribution is -0.113. The number of halogens is 1. The van der Waals surface area contributed by atoms with Crippen LogP contribution in [0.25, 0.3) is 16.8 Å². The number of thiocarbonyl (C=S) groups is 1. The van der Waals surface area contributed by atoms with Gasteiger partial charge in [0.15, 0.2) is 15.8 Å². The van der Waals surface area contributed by atoms with Gasteiger partial charge in [-0.3, -0.25) is 9.69 Å². The van der Waals surface area contributed by atoms with Gasteiger partial charge < -0.3 is 9.47 Å². The Bertz CT molecular complexity index is 1480. The number of methoxy groups -OCH3 is 1. The van der Waals surface area contributed by atoms with Crippen molar-refractivity contribution in [2.75, 3.05) is 12.0 Å². The van der Waals surface area contributed by atoms with Crippen LogP contribution in [-0.4, -0.2) is 17.3 Å². The maximum atomic E-state index is 13.1. The smallest absolute Gasteiger partial charge is 0.270 e. The average Bonchev–Trinajstić information content (AvgIpc) is 3.15. The molecule has 7 heteroatoms. The zero-order valence-electron chi connectivity index (χ0n) is 18.7. The number of fused-ring (bicyclic) bond motifs is 1. The normalized spacial score (nSPS) is 14.7. The molecule has 1 saturated heterocycles. The minimum atomic E-state index is -0.183. The predicted octanol–water partition coefficient (Wildman–Crippen LogP) is 7.49. The van der Waals surface area contributed by atoms with Gasteiger partial charge in [-0.2, -0.15) is 0 Å². The van der Waals surface area contributed by atoms with E-state index in [-0.39, 0.29) is 5.91 Å². The third-order valence-electron chi connectivity index (χ3n) is 5.61. The fourth-order valence-corrected chi connectivity index (χ4v) is 5.41. The summed E-state index contributed by atoms with van der Waals surface area (Å²) in [7, 11) is 1.60. The van der Waals surface area contributed by atoms with E-state index in [0.29, 0.717) is 38.0 Å².